The van der Waals surface area contributed by atoms with Crippen LogP contribution in [-0.4, -0.2) is 18.3 Å². The molecule has 16 heavy (non-hydrogen) atoms. The summed E-state index contributed by atoms with van der Waals surface area (Å²) in [6.45, 7) is 15.3. The highest BCUT2D eigenvalue weighted by Crippen LogP contribution is 2.38. The quantitative estimate of drug-likeness (QED) is 0.586. The minimum Gasteiger partial charge on any atom is -0.399 e. The van der Waals surface area contributed by atoms with Crippen LogP contribution in [0.15, 0.2) is 36.5 Å². The van der Waals surface area contributed by atoms with Gasteiger partial charge in [0.05, 0.1) is 11.2 Å². The first-order valence-corrected chi connectivity index (χ1v) is 5.35. The van der Waals surface area contributed by atoms with Crippen LogP contribution in [-0.2, 0) is 9.31 Å². The Morgan fingerprint density at radius 3 is 1.81 bits per heavy atom. The minimum atomic E-state index is -0.472. The van der Waals surface area contributed by atoms with Crippen molar-refractivity contribution in [1.29, 1.82) is 0 Å². The lowest BCUT2D eigenvalue weighted by Gasteiger charge is -2.32. The van der Waals surface area contributed by atoms with Crippen LogP contribution in [0.2, 0.25) is 0 Å². The van der Waals surface area contributed by atoms with Crippen molar-refractivity contribution in [1.82, 2.24) is 0 Å². The van der Waals surface area contributed by atoms with E-state index in [0.29, 0.717) is 5.70 Å². The third-order valence-corrected chi connectivity index (χ3v) is 3.28. The molecule has 0 aliphatic carbocycles. The van der Waals surface area contributed by atoms with Crippen molar-refractivity contribution in [2.24, 2.45) is 5.73 Å². The average molecular weight is 221 g/mol. The number of allylic oxidation sites excluding steroid dienone is 3. The molecule has 1 heterocycles. The molecular formula is C12H20BNO2. The maximum Gasteiger partial charge on any atom is 0.496 e. The molecule has 0 aromatic rings. The molecule has 0 aromatic heterocycles. The first kappa shape index (κ1) is 13.1. The molecule has 4 heteroatoms. The topological polar surface area (TPSA) is 44.5 Å². The SMILES string of the molecule is C=C/C(N)=C(\C=C)B1OC(C)(C)C(C)(C)O1. The van der Waals surface area contributed by atoms with Crippen molar-refractivity contribution in [3.05, 3.63) is 36.5 Å². The van der Waals surface area contributed by atoms with Crippen molar-refractivity contribution in [2.45, 2.75) is 38.9 Å². The molecule has 0 spiro atoms. The van der Waals surface area contributed by atoms with Crippen molar-refractivity contribution in [3.63, 3.8) is 0 Å². The van der Waals surface area contributed by atoms with E-state index >= 15 is 0 Å². The highest BCUT2D eigenvalue weighted by Gasteiger charge is 2.52. The third kappa shape index (κ3) is 2.08. The van der Waals surface area contributed by atoms with E-state index in [9.17, 15) is 0 Å². The summed E-state index contributed by atoms with van der Waals surface area (Å²) in [7, 11) is -0.472. The van der Waals surface area contributed by atoms with Gasteiger partial charge >= 0.3 is 7.12 Å². The molecule has 88 valence electrons. The van der Waals surface area contributed by atoms with Crippen LogP contribution >= 0.6 is 0 Å². The van der Waals surface area contributed by atoms with E-state index < -0.39 is 7.12 Å². The fraction of sp³-hybridized carbons (Fsp3) is 0.500. The summed E-state index contributed by atoms with van der Waals surface area (Å²) < 4.78 is 11.7. The molecule has 0 unspecified atom stereocenters. The molecule has 0 saturated carbocycles. The summed E-state index contributed by atoms with van der Waals surface area (Å²) in [5, 5.41) is 0. The third-order valence-electron chi connectivity index (χ3n) is 3.28. The standard InChI is InChI=1S/C12H20BNO2/c1-7-9(10(14)8-2)13-15-11(3,4)12(5,6)16-13/h7-8H,1-2,14H2,3-6H3/b10-9-. The minimum absolute atomic E-state index is 0.368. The molecule has 1 aliphatic heterocycles. The van der Waals surface area contributed by atoms with E-state index in [1.54, 1.807) is 12.2 Å². The molecule has 3 nitrogen and oxygen atoms in total. The first-order chi connectivity index (χ1) is 7.25. The Labute approximate surface area is 98.1 Å². The van der Waals surface area contributed by atoms with Gasteiger partial charge in [0.15, 0.2) is 0 Å². The molecule has 0 radical (unpaired) electrons. The van der Waals surface area contributed by atoms with Gasteiger partial charge in [-0.3, -0.25) is 0 Å². The smallest absolute Gasteiger partial charge is 0.399 e. The molecular weight excluding hydrogens is 201 g/mol. The zero-order valence-corrected chi connectivity index (χ0v) is 10.5. The predicted molar refractivity (Wildman–Crippen MR) is 67.7 cm³/mol. The van der Waals surface area contributed by atoms with E-state index in [-0.39, 0.29) is 11.2 Å². The zero-order valence-electron chi connectivity index (χ0n) is 10.5. The second-order valence-electron chi connectivity index (χ2n) is 4.91. The van der Waals surface area contributed by atoms with E-state index in [0.717, 1.165) is 5.47 Å². The molecule has 1 fully saturated rings. The van der Waals surface area contributed by atoms with Gasteiger partial charge in [0.1, 0.15) is 0 Å². The van der Waals surface area contributed by atoms with E-state index in [1.165, 1.54) is 0 Å². The molecule has 1 rings (SSSR count). The maximum atomic E-state index is 5.86. The molecule has 0 aromatic carbocycles. The molecule has 0 amide bonds. The van der Waals surface area contributed by atoms with Crippen LogP contribution in [0, 0.1) is 0 Å². The fourth-order valence-electron chi connectivity index (χ4n) is 1.44. The van der Waals surface area contributed by atoms with Crippen LogP contribution in [0.3, 0.4) is 0 Å². The van der Waals surface area contributed by atoms with Gasteiger partial charge in [0, 0.05) is 11.2 Å². The van der Waals surface area contributed by atoms with Gasteiger partial charge in [-0.05, 0) is 33.8 Å². The Kier molecular flexibility index (Phi) is 3.36. The van der Waals surface area contributed by atoms with Crippen molar-refractivity contribution in [3.8, 4) is 0 Å². The Hall–Kier alpha value is -0.995. The molecule has 0 bridgehead atoms. The normalized spacial score (nSPS) is 23.9. The van der Waals surface area contributed by atoms with Crippen LogP contribution in [0.1, 0.15) is 27.7 Å². The van der Waals surface area contributed by atoms with Crippen LogP contribution in [0.4, 0.5) is 0 Å². The summed E-state index contributed by atoms with van der Waals surface area (Å²) in [6.07, 6.45) is 3.22. The first-order valence-electron chi connectivity index (χ1n) is 5.35. The monoisotopic (exact) mass is 221 g/mol. The van der Waals surface area contributed by atoms with Crippen LogP contribution in [0.5, 0.6) is 0 Å². The average Bonchev–Trinajstić information content (AvgIpc) is 2.36. The van der Waals surface area contributed by atoms with E-state index in [2.05, 4.69) is 13.2 Å². The van der Waals surface area contributed by atoms with Gasteiger partial charge in [0.25, 0.3) is 0 Å². The Bertz CT molecular complexity index is 329. The van der Waals surface area contributed by atoms with Gasteiger partial charge in [0.2, 0.25) is 0 Å². The lowest BCUT2D eigenvalue weighted by atomic mass is 9.77. The van der Waals surface area contributed by atoms with Crippen molar-refractivity contribution in [2.75, 3.05) is 0 Å². The van der Waals surface area contributed by atoms with Gasteiger partial charge in [-0.1, -0.05) is 19.2 Å². The predicted octanol–water partition coefficient (Wildman–Crippen LogP) is 2.20. The molecule has 0 atom stereocenters. The lowest BCUT2D eigenvalue weighted by Crippen LogP contribution is -2.41. The van der Waals surface area contributed by atoms with Gasteiger partial charge in [-0.15, -0.1) is 0 Å². The zero-order chi connectivity index (χ0) is 12.6. The highest BCUT2D eigenvalue weighted by atomic mass is 16.7. The maximum absolute atomic E-state index is 5.86. The van der Waals surface area contributed by atoms with Crippen molar-refractivity contribution >= 4 is 7.12 Å². The van der Waals surface area contributed by atoms with Crippen LogP contribution in [0.25, 0.3) is 0 Å². The molecule has 2 N–H and O–H groups in total. The summed E-state index contributed by atoms with van der Waals surface area (Å²) in [6, 6.07) is 0. The van der Waals surface area contributed by atoms with E-state index in [1.807, 2.05) is 27.7 Å². The van der Waals surface area contributed by atoms with Gasteiger partial charge in [-0.2, -0.15) is 0 Å². The number of rotatable bonds is 3. The Morgan fingerprint density at radius 1 is 1.06 bits per heavy atom. The second-order valence-corrected chi connectivity index (χ2v) is 4.91. The van der Waals surface area contributed by atoms with E-state index in [4.69, 9.17) is 15.0 Å². The Balaban J connectivity index is 3.04. The largest absolute Gasteiger partial charge is 0.496 e. The summed E-state index contributed by atoms with van der Waals surface area (Å²) in [5.41, 5.74) is 6.35. The van der Waals surface area contributed by atoms with Gasteiger partial charge in [-0.25, -0.2) is 0 Å². The van der Waals surface area contributed by atoms with Crippen molar-refractivity contribution < 1.29 is 9.31 Å². The van der Waals surface area contributed by atoms with Gasteiger partial charge < -0.3 is 15.0 Å². The molecule has 1 aliphatic rings. The highest BCUT2D eigenvalue weighted by molar-refractivity contribution is 6.55. The number of nitrogens with two attached hydrogens (primary N) is 1. The lowest BCUT2D eigenvalue weighted by molar-refractivity contribution is 0.00578. The Morgan fingerprint density at radius 2 is 1.50 bits per heavy atom. The number of hydrogen-bond acceptors (Lipinski definition) is 3. The molecule has 1 saturated heterocycles. The second kappa shape index (κ2) is 4.11. The summed E-state index contributed by atoms with van der Waals surface area (Å²) in [5.74, 6) is 0. The fourth-order valence-corrected chi connectivity index (χ4v) is 1.44. The summed E-state index contributed by atoms with van der Waals surface area (Å²) in [4.78, 5) is 0. The number of hydrogen-bond donors (Lipinski definition) is 1. The summed E-state index contributed by atoms with van der Waals surface area (Å²) >= 11 is 0. The van der Waals surface area contributed by atoms with Crippen LogP contribution < -0.4 is 5.73 Å².